The SMILES string of the molecule is CCC(C(C)=O)c1nc(Cc2cc(F)cc(F)c2)no1. The maximum atomic E-state index is 13.1. The lowest BCUT2D eigenvalue weighted by molar-refractivity contribution is -0.119. The number of Topliss-reactive ketones (excluding diaryl/α,β-unsaturated/α-hetero) is 1. The van der Waals surface area contributed by atoms with Gasteiger partial charge in [-0.15, -0.1) is 0 Å². The van der Waals surface area contributed by atoms with Crippen LogP contribution >= 0.6 is 0 Å². The Hall–Kier alpha value is -2.11. The fourth-order valence-electron chi connectivity index (χ4n) is 2.01. The van der Waals surface area contributed by atoms with Crippen LogP contribution in [0.2, 0.25) is 0 Å². The summed E-state index contributed by atoms with van der Waals surface area (Å²) in [4.78, 5) is 15.5. The molecule has 0 aliphatic rings. The van der Waals surface area contributed by atoms with Gasteiger partial charge in [-0.25, -0.2) is 8.78 Å². The third-order valence-electron chi connectivity index (χ3n) is 2.97. The normalized spacial score (nSPS) is 12.4. The summed E-state index contributed by atoms with van der Waals surface area (Å²) in [5.74, 6) is -1.26. The van der Waals surface area contributed by atoms with E-state index < -0.39 is 17.6 Å². The molecule has 1 atom stereocenters. The number of benzene rings is 1. The Balaban J connectivity index is 2.19. The van der Waals surface area contributed by atoms with Crippen molar-refractivity contribution in [1.82, 2.24) is 10.1 Å². The molecular formula is C14H14F2N2O2. The second-order valence-electron chi connectivity index (χ2n) is 4.57. The summed E-state index contributed by atoms with van der Waals surface area (Å²) in [6.07, 6.45) is 0.706. The largest absolute Gasteiger partial charge is 0.339 e. The first kappa shape index (κ1) is 14.3. The van der Waals surface area contributed by atoms with Crippen LogP contribution in [0.15, 0.2) is 22.7 Å². The molecule has 0 aliphatic heterocycles. The number of hydrogen-bond acceptors (Lipinski definition) is 4. The molecule has 0 amide bonds. The summed E-state index contributed by atoms with van der Waals surface area (Å²) in [7, 11) is 0. The van der Waals surface area contributed by atoms with Crippen molar-refractivity contribution >= 4 is 5.78 Å². The van der Waals surface area contributed by atoms with Gasteiger partial charge in [0.15, 0.2) is 5.82 Å². The van der Waals surface area contributed by atoms with Gasteiger partial charge in [0.1, 0.15) is 17.4 Å². The predicted octanol–water partition coefficient (Wildman–Crippen LogP) is 3.02. The van der Waals surface area contributed by atoms with Crippen molar-refractivity contribution < 1.29 is 18.1 Å². The van der Waals surface area contributed by atoms with Crippen molar-refractivity contribution in [3.63, 3.8) is 0 Å². The Labute approximate surface area is 114 Å². The van der Waals surface area contributed by atoms with Gasteiger partial charge in [0.2, 0.25) is 5.89 Å². The third-order valence-corrected chi connectivity index (χ3v) is 2.97. The highest BCUT2D eigenvalue weighted by molar-refractivity contribution is 5.82. The molecule has 20 heavy (non-hydrogen) atoms. The van der Waals surface area contributed by atoms with E-state index in [0.717, 1.165) is 6.07 Å². The van der Waals surface area contributed by atoms with Crippen molar-refractivity contribution in [3.8, 4) is 0 Å². The Morgan fingerprint density at radius 2 is 1.95 bits per heavy atom. The number of hydrogen-bond donors (Lipinski definition) is 0. The molecule has 6 heteroatoms. The summed E-state index contributed by atoms with van der Waals surface area (Å²) in [6.45, 7) is 3.30. The molecule has 0 saturated heterocycles. The number of ketones is 1. The zero-order chi connectivity index (χ0) is 14.7. The summed E-state index contributed by atoms with van der Waals surface area (Å²) in [5.41, 5.74) is 0.408. The number of rotatable bonds is 5. The van der Waals surface area contributed by atoms with Crippen LogP contribution < -0.4 is 0 Å². The first-order valence-corrected chi connectivity index (χ1v) is 6.27. The van der Waals surface area contributed by atoms with E-state index in [-0.39, 0.29) is 18.1 Å². The zero-order valence-electron chi connectivity index (χ0n) is 11.2. The Kier molecular flexibility index (Phi) is 4.22. The minimum absolute atomic E-state index is 0.0560. The van der Waals surface area contributed by atoms with E-state index in [1.165, 1.54) is 19.1 Å². The average molecular weight is 280 g/mol. The first-order valence-electron chi connectivity index (χ1n) is 6.27. The first-order chi connectivity index (χ1) is 9.49. The van der Waals surface area contributed by atoms with Gasteiger partial charge in [-0.05, 0) is 31.0 Å². The van der Waals surface area contributed by atoms with E-state index in [1.807, 2.05) is 6.92 Å². The third kappa shape index (κ3) is 3.26. The fraction of sp³-hybridized carbons (Fsp3) is 0.357. The van der Waals surface area contributed by atoms with Crippen LogP contribution in [0.25, 0.3) is 0 Å². The quantitative estimate of drug-likeness (QED) is 0.844. The zero-order valence-corrected chi connectivity index (χ0v) is 11.2. The monoisotopic (exact) mass is 280 g/mol. The number of halogens is 2. The number of carbonyl (C=O) groups is 1. The molecule has 2 aromatic rings. The van der Waals surface area contributed by atoms with E-state index in [2.05, 4.69) is 10.1 Å². The summed E-state index contributed by atoms with van der Waals surface area (Å²) < 4.78 is 31.2. The van der Waals surface area contributed by atoms with Crippen molar-refractivity contribution in [2.24, 2.45) is 0 Å². The molecule has 1 heterocycles. The van der Waals surface area contributed by atoms with Crippen LogP contribution in [0, 0.1) is 11.6 Å². The highest BCUT2D eigenvalue weighted by atomic mass is 19.1. The van der Waals surface area contributed by atoms with Crippen molar-refractivity contribution in [1.29, 1.82) is 0 Å². The number of carbonyl (C=O) groups excluding carboxylic acids is 1. The summed E-state index contributed by atoms with van der Waals surface area (Å²) in [5, 5.41) is 3.74. The molecule has 0 fully saturated rings. The van der Waals surface area contributed by atoms with Crippen LogP contribution in [0.5, 0.6) is 0 Å². The molecule has 0 saturated carbocycles. The molecule has 1 aromatic carbocycles. The Morgan fingerprint density at radius 3 is 2.50 bits per heavy atom. The highest BCUT2D eigenvalue weighted by Gasteiger charge is 2.21. The average Bonchev–Trinajstić information content (AvgIpc) is 2.76. The van der Waals surface area contributed by atoms with E-state index in [0.29, 0.717) is 17.8 Å². The van der Waals surface area contributed by atoms with Crippen molar-refractivity contribution in [3.05, 3.63) is 47.1 Å². The molecule has 1 aromatic heterocycles. The second-order valence-corrected chi connectivity index (χ2v) is 4.57. The van der Waals surface area contributed by atoms with Crippen LogP contribution in [0.3, 0.4) is 0 Å². The Bertz CT molecular complexity index is 605. The van der Waals surface area contributed by atoms with Crippen LogP contribution in [-0.4, -0.2) is 15.9 Å². The lowest BCUT2D eigenvalue weighted by Gasteiger charge is -2.03. The van der Waals surface area contributed by atoms with E-state index in [4.69, 9.17) is 4.52 Å². The predicted molar refractivity (Wildman–Crippen MR) is 67.2 cm³/mol. The van der Waals surface area contributed by atoms with Crippen LogP contribution in [-0.2, 0) is 11.2 Å². The number of aromatic nitrogens is 2. The second kappa shape index (κ2) is 5.90. The highest BCUT2D eigenvalue weighted by Crippen LogP contribution is 2.19. The van der Waals surface area contributed by atoms with Gasteiger partial charge in [0.25, 0.3) is 0 Å². The van der Waals surface area contributed by atoms with E-state index in [9.17, 15) is 13.6 Å². The maximum Gasteiger partial charge on any atom is 0.237 e. The topological polar surface area (TPSA) is 56.0 Å². The lowest BCUT2D eigenvalue weighted by Crippen LogP contribution is -2.08. The molecule has 1 unspecified atom stereocenters. The smallest absolute Gasteiger partial charge is 0.237 e. The van der Waals surface area contributed by atoms with Gasteiger partial charge < -0.3 is 4.52 Å². The molecule has 0 N–H and O–H groups in total. The van der Waals surface area contributed by atoms with E-state index in [1.54, 1.807) is 0 Å². The summed E-state index contributed by atoms with van der Waals surface area (Å²) >= 11 is 0. The summed E-state index contributed by atoms with van der Waals surface area (Å²) in [6, 6.07) is 3.22. The minimum atomic E-state index is -0.654. The van der Waals surface area contributed by atoms with Crippen LogP contribution in [0.4, 0.5) is 8.78 Å². The van der Waals surface area contributed by atoms with Gasteiger partial charge in [0.05, 0.1) is 5.92 Å². The Morgan fingerprint density at radius 1 is 1.30 bits per heavy atom. The van der Waals surface area contributed by atoms with Gasteiger partial charge in [0, 0.05) is 12.5 Å². The fourth-order valence-corrected chi connectivity index (χ4v) is 2.01. The molecule has 106 valence electrons. The van der Waals surface area contributed by atoms with Gasteiger partial charge in [-0.3, -0.25) is 4.79 Å². The van der Waals surface area contributed by atoms with Gasteiger partial charge in [-0.1, -0.05) is 12.1 Å². The maximum absolute atomic E-state index is 13.1. The van der Waals surface area contributed by atoms with Crippen molar-refractivity contribution in [2.75, 3.05) is 0 Å². The standard InChI is InChI=1S/C14H14F2N2O2/c1-3-12(8(2)19)14-17-13(18-20-14)6-9-4-10(15)7-11(16)5-9/h4-5,7,12H,3,6H2,1-2H3. The molecule has 4 nitrogen and oxygen atoms in total. The van der Waals surface area contributed by atoms with Gasteiger partial charge >= 0.3 is 0 Å². The van der Waals surface area contributed by atoms with Crippen molar-refractivity contribution in [2.45, 2.75) is 32.6 Å². The molecule has 0 aliphatic carbocycles. The molecule has 0 bridgehead atoms. The molecular weight excluding hydrogens is 266 g/mol. The lowest BCUT2D eigenvalue weighted by atomic mass is 10.0. The number of nitrogens with zero attached hydrogens (tertiary/aromatic N) is 2. The molecule has 2 rings (SSSR count). The minimum Gasteiger partial charge on any atom is -0.339 e. The van der Waals surface area contributed by atoms with E-state index >= 15 is 0 Å². The molecule has 0 radical (unpaired) electrons. The van der Waals surface area contributed by atoms with Crippen LogP contribution in [0.1, 0.15) is 43.5 Å². The molecule has 0 spiro atoms. The van der Waals surface area contributed by atoms with Gasteiger partial charge in [-0.2, -0.15) is 4.98 Å².